The number of hydrogen-bond donors (Lipinski definition) is 1. The monoisotopic (exact) mass is 303 g/mol. The number of nitrogens with two attached hydrogens (primary N) is 1. The predicted octanol–water partition coefficient (Wildman–Crippen LogP) is 3.61. The number of nitrogen functional groups attached to an aromatic ring is 1. The van der Waals surface area contributed by atoms with Gasteiger partial charge in [0.25, 0.3) is 0 Å². The first-order valence-corrected chi connectivity index (χ1v) is 7.34. The molecular formula is C16H17NO3S. The molecule has 0 spiro atoms. The van der Waals surface area contributed by atoms with Crippen molar-refractivity contribution < 1.29 is 14.3 Å². The Kier molecular flexibility index (Phi) is 5.11. The zero-order valence-electron chi connectivity index (χ0n) is 12.0. The Morgan fingerprint density at radius 3 is 2.48 bits per heavy atom. The maximum absolute atomic E-state index is 11.6. The molecule has 110 valence electrons. The van der Waals surface area contributed by atoms with E-state index in [2.05, 4.69) is 0 Å². The molecule has 0 unspecified atom stereocenters. The SMILES string of the molecule is CCOC(=O)c1ccc(Sc2ccc(OC)cc2)c(N)c1. The number of esters is 1. The maximum Gasteiger partial charge on any atom is 0.338 e. The maximum atomic E-state index is 11.6. The van der Waals surface area contributed by atoms with Crippen LogP contribution in [0.5, 0.6) is 5.75 Å². The summed E-state index contributed by atoms with van der Waals surface area (Å²) in [6, 6.07) is 12.9. The van der Waals surface area contributed by atoms with Crippen molar-refractivity contribution in [2.45, 2.75) is 16.7 Å². The molecule has 0 bridgehead atoms. The van der Waals surface area contributed by atoms with Crippen LogP contribution in [-0.2, 0) is 4.74 Å². The van der Waals surface area contributed by atoms with Crippen molar-refractivity contribution in [3.8, 4) is 5.75 Å². The van der Waals surface area contributed by atoms with Crippen molar-refractivity contribution in [1.29, 1.82) is 0 Å². The Morgan fingerprint density at radius 2 is 1.90 bits per heavy atom. The molecule has 0 amide bonds. The van der Waals surface area contributed by atoms with Crippen LogP contribution >= 0.6 is 11.8 Å². The van der Waals surface area contributed by atoms with Crippen LogP contribution in [0, 0.1) is 0 Å². The zero-order valence-corrected chi connectivity index (χ0v) is 12.8. The average molecular weight is 303 g/mol. The number of anilines is 1. The quantitative estimate of drug-likeness (QED) is 0.675. The van der Waals surface area contributed by atoms with Gasteiger partial charge in [-0.05, 0) is 49.4 Å². The summed E-state index contributed by atoms with van der Waals surface area (Å²) in [6.07, 6.45) is 0. The summed E-state index contributed by atoms with van der Waals surface area (Å²) in [4.78, 5) is 13.6. The molecule has 2 N–H and O–H groups in total. The summed E-state index contributed by atoms with van der Waals surface area (Å²) < 4.78 is 10.1. The minimum atomic E-state index is -0.356. The molecule has 21 heavy (non-hydrogen) atoms. The summed E-state index contributed by atoms with van der Waals surface area (Å²) in [5.41, 5.74) is 7.03. The van der Waals surface area contributed by atoms with Gasteiger partial charge >= 0.3 is 5.97 Å². The van der Waals surface area contributed by atoms with E-state index in [1.54, 1.807) is 26.2 Å². The molecule has 2 aromatic carbocycles. The van der Waals surface area contributed by atoms with Crippen LogP contribution in [-0.4, -0.2) is 19.7 Å². The zero-order chi connectivity index (χ0) is 15.2. The Hall–Kier alpha value is -2.14. The molecule has 2 aromatic rings. The molecule has 4 nitrogen and oxygen atoms in total. The molecule has 5 heteroatoms. The summed E-state index contributed by atoms with van der Waals surface area (Å²) in [7, 11) is 1.63. The lowest BCUT2D eigenvalue weighted by Crippen LogP contribution is -2.05. The van der Waals surface area contributed by atoms with E-state index < -0.39 is 0 Å². The second kappa shape index (κ2) is 7.04. The molecular weight excluding hydrogens is 286 g/mol. The number of methoxy groups -OCH3 is 1. The molecule has 0 saturated heterocycles. The lowest BCUT2D eigenvalue weighted by atomic mass is 10.2. The number of carbonyl (C=O) groups excluding carboxylic acids is 1. The van der Waals surface area contributed by atoms with E-state index in [4.69, 9.17) is 15.2 Å². The summed E-state index contributed by atoms with van der Waals surface area (Å²) in [5.74, 6) is 0.454. The van der Waals surface area contributed by atoms with Crippen molar-refractivity contribution in [1.82, 2.24) is 0 Å². The van der Waals surface area contributed by atoms with E-state index in [0.29, 0.717) is 17.9 Å². The Morgan fingerprint density at radius 1 is 1.19 bits per heavy atom. The summed E-state index contributed by atoms with van der Waals surface area (Å²) in [6.45, 7) is 2.12. The third kappa shape index (κ3) is 3.92. The molecule has 0 heterocycles. The van der Waals surface area contributed by atoms with E-state index in [0.717, 1.165) is 15.5 Å². The number of rotatable bonds is 5. The number of hydrogen-bond acceptors (Lipinski definition) is 5. The van der Waals surface area contributed by atoms with Crippen molar-refractivity contribution in [3.05, 3.63) is 48.0 Å². The van der Waals surface area contributed by atoms with Crippen LogP contribution < -0.4 is 10.5 Å². The Labute approximate surface area is 128 Å². The molecule has 0 saturated carbocycles. The smallest absolute Gasteiger partial charge is 0.338 e. The predicted molar refractivity (Wildman–Crippen MR) is 83.9 cm³/mol. The molecule has 0 aliphatic heterocycles. The van der Waals surface area contributed by atoms with Crippen LogP contribution in [0.4, 0.5) is 5.69 Å². The van der Waals surface area contributed by atoms with Gasteiger partial charge < -0.3 is 15.2 Å². The number of ether oxygens (including phenoxy) is 2. The van der Waals surface area contributed by atoms with Gasteiger partial charge in [-0.2, -0.15) is 0 Å². The standard InChI is InChI=1S/C16H17NO3S/c1-3-20-16(18)11-4-9-15(14(17)10-11)21-13-7-5-12(19-2)6-8-13/h4-10H,3,17H2,1-2H3. The topological polar surface area (TPSA) is 61.5 Å². The first kappa shape index (κ1) is 15.3. The lowest BCUT2D eigenvalue weighted by Gasteiger charge is -2.08. The Bertz CT molecular complexity index is 626. The largest absolute Gasteiger partial charge is 0.497 e. The van der Waals surface area contributed by atoms with E-state index in [1.807, 2.05) is 30.3 Å². The summed E-state index contributed by atoms with van der Waals surface area (Å²) in [5, 5.41) is 0. The fourth-order valence-corrected chi connectivity index (χ4v) is 2.59. The van der Waals surface area contributed by atoms with Gasteiger partial charge in [-0.3, -0.25) is 0 Å². The minimum absolute atomic E-state index is 0.348. The molecule has 0 radical (unpaired) electrons. The van der Waals surface area contributed by atoms with Crippen molar-refractivity contribution in [3.63, 3.8) is 0 Å². The molecule has 2 rings (SSSR count). The van der Waals surface area contributed by atoms with E-state index in [1.165, 1.54) is 11.8 Å². The Balaban J connectivity index is 2.15. The van der Waals surface area contributed by atoms with Crippen LogP contribution in [0.2, 0.25) is 0 Å². The first-order valence-electron chi connectivity index (χ1n) is 6.52. The van der Waals surface area contributed by atoms with Crippen LogP contribution in [0.15, 0.2) is 52.3 Å². The average Bonchev–Trinajstić information content (AvgIpc) is 2.50. The lowest BCUT2D eigenvalue weighted by molar-refractivity contribution is 0.0526. The van der Waals surface area contributed by atoms with Crippen LogP contribution in [0.25, 0.3) is 0 Å². The van der Waals surface area contributed by atoms with Crippen molar-refractivity contribution >= 4 is 23.4 Å². The first-order chi connectivity index (χ1) is 10.1. The fourth-order valence-electron chi connectivity index (χ4n) is 1.75. The van der Waals surface area contributed by atoms with E-state index >= 15 is 0 Å². The molecule has 0 fully saturated rings. The van der Waals surface area contributed by atoms with Crippen molar-refractivity contribution in [2.75, 3.05) is 19.5 Å². The van der Waals surface area contributed by atoms with E-state index in [9.17, 15) is 4.79 Å². The molecule has 0 aliphatic rings. The third-order valence-corrected chi connectivity index (χ3v) is 3.91. The normalized spacial score (nSPS) is 10.2. The minimum Gasteiger partial charge on any atom is -0.497 e. The fraction of sp³-hybridized carbons (Fsp3) is 0.188. The van der Waals surface area contributed by atoms with Crippen LogP contribution in [0.1, 0.15) is 17.3 Å². The number of benzene rings is 2. The molecule has 0 aliphatic carbocycles. The highest BCUT2D eigenvalue weighted by atomic mass is 32.2. The third-order valence-electron chi connectivity index (χ3n) is 2.81. The van der Waals surface area contributed by atoms with Gasteiger partial charge in [-0.1, -0.05) is 11.8 Å². The highest BCUT2D eigenvalue weighted by molar-refractivity contribution is 7.99. The van der Waals surface area contributed by atoms with Gasteiger partial charge in [0.15, 0.2) is 0 Å². The van der Waals surface area contributed by atoms with Crippen LogP contribution in [0.3, 0.4) is 0 Å². The molecule has 0 atom stereocenters. The van der Waals surface area contributed by atoms with Gasteiger partial charge in [0, 0.05) is 15.5 Å². The highest BCUT2D eigenvalue weighted by Gasteiger charge is 2.09. The number of carbonyl (C=O) groups is 1. The highest BCUT2D eigenvalue weighted by Crippen LogP contribution is 2.33. The second-order valence-corrected chi connectivity index (χ2v) is 5.37. The second-order valence-electron chi connectivity index (χ2n) is 4.25. The molecule has 0 aromatic heterocycles. The van der Waals surface area contributed by atoms with E-state index in [-0.39, 0.29) is 5.97 Å². The summed E-state index contributed by atoms with van der Waals surface area (Å²) >= 11 is 1.53. The van der Waals surface area contributed by atoms with Gasteiger partial charge in [0.05, 0.1) is 19.3 Å². The van der Waals surface area contributed by atoms with Gasteiger partial charge in [-0.25, -0.2) is 4.79 Å². The van der Waals surface area contributed by atoms with Crippen molar-refractivity contribution in [2.24, 2.45) is 0 Å². The van der Waals surface area contributed by atoms with Gasteiger partial charge in [0.1, 0.15) is 5.75 Å². The van der Waals surface area contributed by atoms with Gasteiger partial charge in [-0.15, -0.1) is 0 Å². The van der Waals surface area contributed by atoms with Gasteiger partial charge in [0.2, 0.25) is 0 Å².